The Labute approximate surface area is 97.9 Å². The number of nitrogens with zero attached hydrogens (tertiary/aromatic N) is 5. The van der Waals surface area contributed by atoms with Gasteiger partial charge in [0, 0.05) is 5.69 Å². The molecule has 86 valence electrons. The first-order valence-electron chi connectivity index (χ1n) is 5.06. The van der Waals surface area contributed by atoms with Crippen LogP contribution in [0.2, 0.25) is 0 Å². The minimum atomic E-state index is -0.106. The van der Waals surface area contributed by atoms with Gasteiger partial charge in [0.05, 0.1) is 6.04 Å². The molecule has 17 heavy (non-hydrogen) atoms. The summed E-state index contributed by atoms with van der Waals surface area (Å²) in [4.78, 5) is 12.3. The van der Waals surface area contributed by atoms with E-state index in [1.54, 1.807) is 6.07 Å². The van der Waals surface area contributed by atoms with Gasteiger partial charge in [-0.05, 0) is 19.9 Å². The van der Waals surface area contributed by atoms with Crippen molar-refractivity contribution in [1.82, 2.24) is 25.1 Å². The van der Waals surface area contributed by atoms with Crippen LogP contribution in [-0.2, 0) is 0 Å². The molecular weight excluding hydrogens is 218 g/mol. The summed E-state index contributed by atoms with van der Waals surface area (Å²) in [6, 6.07) is 3.51. The van der Waals surface area contributed by atoms with E-state index in [2.05, 4.69) is 30.5 Å². The second-order valence-electron chi connectivity index (χ2n) is 3.57. The fourth-order valence-electron chi connectivity index (χ4n) is 1.38. The molecule has 7 nitrogen and oxygen atoms in total. The van der Waals surface area contributed by atoms with Crippen molar-refractivity contribution in [2.45, 2.75) is 19.9 Å². The molecule has 0 spiro atoms. The Bertz CT molecular complexity index is 540. The van der Waals surface area contributed by atoms with Crippen molar-refractivity contribution in [3.63, 3.8) is 0 Å². The molecular formula is C10H11N7. The number of aromatic nitrogens is 5. The van der Waals surface area contributed by atoms with Crippen LogP contribution in [0.3, 0.4) is 0 Å². The van der Waals surface area contributed by atoms with Gasteiger partial charge < -0.3 is 5.32 Å². The van der Waals surface area contributed by atoms with Crippen molar-refractivity contribution in [3.05, 3.63) is 29.6 Å². The molecule has 2 rings (SSSR count). The van der Waals surface area contributed by atoms with E-state index in [0.29, 0.717) is 17.5 Å². The molecule has 0 aliphatic heterocycles. The van der Waals surface area contributed by atoms with Crippen molar-refractivity contribution >= 4 is 5.95 Å². The monoisotopic (exact) mass is 229 g/mol. The van der Waals surface area contributed by atoms with Crippen LogP contribution in [0.1, 0.15) is 30.2 Å². The zero-order valence-corrected chi connectivity index (χ0v) is 9.47. The Morgan fingerprint density at radius 2 is 2.29 bits per heavy atom. The van der Waals surface area contributed by atoms with Gasteiger partial charge >= 0.3 is 0 Å². The Morgan fingerprint density at radius 3 is 2.94 bits per heavy atom. The summed E-state index contributed by atoms with van der Waals surface area (Å²) in [5, 5.41) is 18.4. The Morgan fingerprint density at radius 1 is 1.47 bits per heavy atom. The van der Waals surface area contributed by atoms with Gasteiger partial charge in [-0.15, -0.1) is 0 Å². The zero-order chi connectivity index (χ0) is 12.3. The molecule has 2 N–H and O–H groups in total. The lowest BCUT2D eigenvalue weighted by Crippen LogP contribution is -2.12. The number of nitrogens with one attached hydrogen (secondary N) is 2. The van der Waals surface area contributed by atoms with Crippen molar-refractivity contribution in [2.24, 2.45) is 0 Å². The van der Waals surface area contributed by atoms with Crippen LogP contribution in [0.15, 0.2) is 12.4 Å². The van der Waals surface area contributed by atoms with Crippen LogP contribution in [0.25, 0.3) is 0 Å². The van der Waals surface area contributed by atoms with Gasteiger partial charge in [-0.2, -0.15) is 10.4 Å². The molecule has 0 aliphatic rings. The largest absolute Gasteiger partial charge is 0.344 e. The van der Waals surface area contributed by atoms with Crippen molar-refractivity contribution in [3.8, 4) is 6.07 Å². The molecule has 1 unspecified atom stereocenters. The predicted molar refractivity (Wildman–Crippen MR) is 59.9 cm³/mol. The second kappa shape index (κ2) is 4.57. The third-order valence-corrected chi connectivity index (χ3v) is 2.16. The van der Waals surface area contributed by atoms with E-state index in [-0.39, 0.29) is 6.04 Å². The molecule has 0 bridgehead atoms. The van der Waals surface area contributed by atoms with Gasteiger partial charge in [0.25, 0.3) is 0 Å². The number of aryl methyl sites for hydroxylation is 1. The number of rotatable bonds is 3. The van der Waals surface area contributed by atoms with Crippen LogP contribution < -0.4 is 5.32 Å². The summed E-state index contributed by atoms with van der Waals surface area (Å²) in [5.41, 5.74) is 1.08. The van der Waals surface area contributed by atoms with Gasteiger partial charge in [-0.3, -0.25) is 5.10 Å². The van der Waals surface area contributed by atoms with Gasteiger partial charge in [0.2, 0.25) is 5.95 Å². The number of anilines is 1. The van der Waals surface area contributed by atoms with Crippen LogP contribution in [0.5, 0.6) is 0 Å². The molecule has 0 saturated heterocycles. The number of aromatic amines is 1. The highest BCUT2D eigenvalue weighted by molar-refractivity contribution is 5.34. The number of nitriles is 1. The summed E-state index contributed by atoms with van der Waals surface area (Å²) < 4.78 is 0. The highest BCUT2D eigenvalue weighted by Crippen LogP contribution is 2.12. The number of hydrogen-bond acceptors (Lipinski definition) is 6. The van der Waals surface area contributed by atoms with Gasteiger partial charge in [-0.25, -0.2) is 15.0 Å². The minimum Gasteiger partial charge on any atom is -0.344 e. The van der Waals surface area contributed by atoms with E-state index in [4.69, 9.17) is 5.26 Å². The second-order valence-corrected chi connectivity index (χ2v) is 3.57. The molecule has 0 aliphatic carbocycles. The highest BCUT2D eigenvalue weighted by atomic mass is 15.2. The highest BCUT2D eigenvalue weighted by Gasteiger charge is 2.10. The van der Waals surface area contributed by atoms with Crippen molar-refractivity contribution < 1.29 is 0 Å². The summed E-state index contributed by atoms with van der Waals surface area (Å²) in [7, 11) is 0. The third kappa shape index (κ3) is 2.55. The van der Waals surface area contributed by atoms with Gasteiger partial charge in [-0.1, -0.05) is 0 Å². The maximum absolute atomic E-state index is 8.81. The Hall–Kier alpha value is -2.49. The standard InChI is InChI=1S/C10H11N7/c1-6-3-8(4-11)16-10(14-6)15-7(2)9-12-5-13-17-9/h3,5,7H,1-2H3,(H,12,13,17)(H,14,15,16). The topological polar surface area (TPSA) is 103 Å². The van der Waals surface area contributed by atoms with Crippen LogP contribution in [0.4, 0.5) is 5.95 Å². The van der Waals surface area contributed by atoms with Gasteiger partial charge in [0.15, 0.2) is 0 Å². The quantitative estimate of drug-likeness (QED) is 0.812. The molecule has 2 aromatic rings. The Balaban J connectivity index is 2.19. The van der Waals surface area contributed by atoms with Crippen LogP contribution in [0, 0.1) is 18.3 Å². The lowest BCUT2D eigenvalue weighted by atomic mass is 10.3. The maximum Gasteiger partial charge on any atom is 0.224 e. The molecule has 2 heterocycles. The Kier molecular flexibility index (Phi) is 2.96. The lowest BCUT2D eigenvalue weighted by Gasteiger charge is -2.11. The molecule has 0 amide bonds. The molecule has 2 aromatic heterocycles. The number of hydrogen-bond donors (Lipinski definition) is 2. The average molecular weight is 229 g/mol. The maximum atomic E-state index is 8.81. The molecule has 7 heteroatoms. The number of H-pyrrole nitrogens is 1. The van der Waals surface area contributed by atoms with E-state index in [1.807, 2.05) is 19.9 Å². The molecule has 0 aromatic carbocycles. The normalized spacial score (nSPS) is 11.8. The van der Waals surface area contributed by atoms with Crippen molar-refractivity contribution in [2.75, 3.05) is 5.32 Å². The summed E-state index contributed by atoms with van der Waals surface area (Å²) in [6.07, 6.45) is 1.44. The van der Waals surface area contributed by atoms with E-state index < -0.39 is 0 Å². The lowest BCUT2D eigenvalue weighted by molar-refractivity contribution is 0.780. The first kappa shape index (κ1) is 11.0. The smallest absolute Gasteiger partial charge is 0.224 e. The summed E-state index contributed by atoms with van der Waals surface area (Å²) in [5.74, 6) is 1.10. The molecule has 0 fully saturated rings. The third-order valence-electron chi connectivity index (χ3n) is 2.16. The first-order chi connectivity index (χ1) is 8.19. The van der Waals surface area contributed by atoms with E-state index in [9.17, 15) is 0 Å². The molecule has 0 radical (unpaired) electrons. The van der Waals surface area contributed by atoms with Crippen LogP contribution >= 0.6 is 0 Å². The first-order valence-corrected chi connectivity index (χ1v) is 5.06. The average Bonchev–Trinajstić information content (AvgIpc) is 2.81. The van der Waals surface area contributed by atoms with Gasteiger partial charge in [0.1, 0.15) is 23.9 Å². The summed E-state index contributed by atoms with van der Waals surface area (Å²) in [6.45, 7) is 3.71. The molecule has 0 saturated carbocycles. The zero-order valence-electron chi connectivity index (χ0n) is 9.47. The fraction of sp³-hybridized carbons (Fsp3) is 0.300. The van der Waals surface area contributed by atoms with Crippen molar-refractivity contribution in [1.29, 1.82) is 5.26 Å². The van der Waals surface area contributed by atoms with Crippen LogP contribution in [-0.4, -0.2) is 25.1 Å². The van der Waals surface area contributed by atoms with E-state index in [0.717, 1.165) is 5.69 Å². The fourth-order valence-corrected chi connectivity index (χ4v) is 1.38. The van der Waals surface area contributed by atoms with E-state index >= 15 is 0 Å². The summed E-state index contributed by atoms with van der Waals surface area (Å²) >= 11 is 0. The van der Waals surface area contributed by atoms with E-state index in [1.165, 1.54) is 6.33 Å². The SMILES string of the molecule is Cc1cc(C#N)nc(NC(C)c2ncn[nH]2)n1. The minimum absolute atomic E-state index is 0.106. The molecule has 1 atom stereocenters. The predicted octanol–water partition coefficient (Wildman–Crippen LogP) is 0.948.